The van der Waals surface area contributed by atoms with Crippen molar-refractivity contribution < 1.29 is 24.1 Å². The molecule has 1 fully saturated rings. The number of methoxy groups -OCH3 is 1. The summed E-state index contributed by atoms with van der Waals surface area (Å²) in [5.74, 6) is 0.237. The third-order valence-corrected chi connectivity index (χ3v) is 5.65. The number of hydrogen-bond acceptors (Lipinski definition) is 5. The van der Waals surface area contributed by atoms with Gasteiger partial charge in [-0.25, -0.2) is 9.78 Å². The molecule has 4 unspecified atom stereocenters. The molecule has 148 valence electrons. The molecule has 1 aliphatic heterocycles. The monoisotopic (exact) mass is 367 g/mol. The highest BCUT2D eigenvalue weighted by Crippen LogP contribution is 2.36. The average molecular weight is 367 g/mol. The van der Waals surface area contributed by atoms with E-state index >= 15 is 0 Å². The molecule has 6 heteroatoms. The van der Waals surface area contributed by atoms with Gasteiger partial charge in [0.2, 0.25) is 0 Å². The van der Waals surface area contributed by atoms with Crippen LogP contribution in [0.1, 0.15) is 59.8 Å². The van der Waals surface area contributed by atoms with Gasteiger partial charge in [-0.05, 0) is 43.9 Å². The van der Waals surface area contributed by atoms with E-state index in [1.165, 1.54) is 23.5 Å². The van der Waals surface area contributed by atoms with Crippen molar-refractivity contribution in [3.63, 3.8) is 0 Å². The van der Waals surface area contributed by atoms with Gasteiger partial charge in [-0.1, -0.05) is 27.2 Å². The van der Waals surface area contributed by atoms with Gasteiger partial charge in [0, 0.05) is 32.2 Å². The van der Waals surface area contributed by atoms with Crippen molar-refractivity contribution in [3.8, 4) is 0 Å². The smallest absolute Gasteiger partial charge is 0.253 e. The first-order chi connectivity index (χ1) is 12.3. The Morgan fingerprint density at radius 2 is 1.88 bits per heavy atom. The van der Waals surface area contributed by atoms with Gasteiger partial charge in [0.15, 0.2) is 5.79 Å². The molecule has 1 saturated carbocycles. The van der Waals surface area contributed by atoms with E-state index in [1.807, 2.05) is 6.92 Å². The van der Waals surface area contributed by atoms with Crippen LogP contribution < -0.4 is 0 Å². The normalized spacial score (nSPS) is 28.8. The Balaban J connectivity index is 1.84. The summed E-state index contributed by atoms with van der Waals surface area (Å²) < 4.78 is 5.52. The van der Waals surface area contributed by atoms with E-state index in [0.717, 1.165) is 12.8 Å². The van der Waals surface area contributed by atoms with Crippen molar-refractivity contribution in [1.29, 1.82) is 0 Å². The Kier molecular flexibility index (Phi) is 7.38. The molecule has 0 aromatic rings. The number of hydrogen-bond donors (Lipinski definition) is 0. The fraction of sp³-hybridized carbons (Fsp3) is 0.800. The van der Waals surface area contributed by atoms with Gasteiger partial charge < -0.3 is 4.74 Å². The van der Waals surface area contributed by atoms with Crippen molar-refractivity contribution in [2.24, 2.45) is 17.8 Å². The summed E-state index contributed by atoms with van der Waals surface area (Å²) in [4.78, 5) is 36.0. The van der Waals surface area contributed by atoms with Crippen molar-refractivity contribution >= 4 is 11.8 Å². The molecule has 1 heterocycles. The minimum Gasteiger partial charge on any atom is -0.351 e. The van der Waals surface area contributed by atoms with Crippen LogP contribution in [0.2, 0.25) is 0 Å². The first kappa shape index (κ1) is 21.1. The number of nitrogens with zero attached hydrogens (tertiary/aromatic N) is 1. The van der Waals surface area contributed by atoms with Gasteiger partial charge in [-0.2, -0.15) is 0 Å². The van der Waals surface area contributed by atoms with E-state index in [0.29, 0.717) is 37.1 Å². The van der Waals surface area contributed by atoms with Crippen molar-refractivity contribution in [2.45, 2.75) is 71.7 Å². The maximum Gasteiger partial charge on any atom is 0.253 e. The van der Waals surface area contributed by atoms with Crippen molar-refractivity contribution in [3.05, 3.63) is 12.2 Å². The zero-order valence-electron chi connectivity index (χ0n) is 16.7. The van der Waals surface area contributed by atoms with Gasteiger partial charge in [-0.15, -0.1) is 0 Å². The molecule has 2 amide bonds. The number of carbonyl (C=O) groups excluding carboxylic acids is 2. The standard InChI is InChI=1S/C20H33NO5/c1-14(2)16-8-7-15(3)13-17(16)25-26-20(4,24-5)11-6-12-21-18(22)9-10-19(21)23/h9-10,14-17H,6-8,11-13H2,1-5H3. The molecule has 1 aliphatic carbocycles. The van der Waals surface area contributed by atoms with Crippen LogP contribution >= 0.6 is 0 Å². The zero-order chi connectivity index (χ0) is 19.3. The summed E-state index contributed by atoms with van der Waals surface area (Å²) >= 11 is 0. The molecule has 6 nitrogen and oxygen atoms in total. The van der Waals surface area contributed by atoms with Crippen LogP contribution in [-0.2, 0) is 24.1 Å². The number of rotatable bonds is 9. The first-order valence-electron chi connectivity index (χ1n) is 9.69. The second kappa shape index (κ2) is 9.11. The summed E-state index contributed by atoms with van der Waals surface area (Å²) in [5.41, 5.74) is 0. The van der Waals surface area contributed by atoms with E-state index in [1.54, 1.807) is 7.11 Å². The molecule has 0 N–H and O–H groups in total. The first-order valence-corrected chi connectivity index (χ1v) is 9.69. The fourth-order valence-corrected chi connectivity index (χ4v) is 3.78. The van der Waals surface area contributed by atoms with E-state index in [2.05, 4.69) is 20.8 Å². The highest BCUT2D eigenvalue weighted by Gasteiger charge is 2.35. The molecule has 0 bridgehead atoms. The van der Waals surface area contributed by atoms with Crippen LogP contribution in [0.5, 0.6) is 0 Å². The largest absolute Gasteiger partial charge is 0.351 e. The lowest BCUT2D eigenvalue weighted by molar-refractivity contribution is -0.446. The summed E-state index contributed by atoms with van der Waals surface area (Å²) in [6.45, 7) is 8.88. The SMILES string of the molecule is COC(C)(CCCN1C(=O)C=CC1=O)OOC1CC(C)CCC1C(C)C. The highest BCUT2D eigenvalue weighted by atomic mass is 17.2. The van der Waals surface area contributed by atoms with Crippen LogP contribution in [0.15, 0.2) is 12.2 Å². The lowest BCUT2D eigenvalue weighted by Gasteiger charge is -2.38. The molecule has 0 spiro atoms. The average Bonchev–Trinajstić information content (AvgIpc) is 2.91. The van der Waals surface area contributed by atoms with Crippen LogP contribution in [-0.4, -0.2) is 42.3 Å². The fourth-order valence-electron chi connectivity index (χ4n) is 3.78. The summed E-state index contributed by atoms with van der Waals surface area (Å²) in [6, 6.07) is 0. The number of ether oxygens (including phenoxy) is 1. The van der Waals surface area contributed by atoms with Crippen LogP contribution in [0, 0.1) is 17.8 Å². The minimum atomic E-state index is -0.901. The second-order valence-electron chi connectivity index (χ2n) is 8.15. The molecule has 4 atom stereocenters. The van der Waals surface area contributed by atoms with E-state index < -0.39 is 5.79 Å². The molecular formula is C20H33NO5. The summed E-state index contributed by atoms with van der Waals surface area (Å²) in [5, 5.41) is 0. The Bertz CT molecular complexity index is 514. The van der Waals surface area contributed by atoms with Gasteiger partial charge in [0.25, 0.3) is 11.8 Å². The molecule has 2 rings (SSSR count). The number of amides is 2. The third-order valence-electron chi connectivity index (χ3n) is 5.65. The van der Waals surface area contributed by atoms with Gasteiger partial charge in [-0.3, -0.25) is 14.5 Å². The molecule has 0 radical (unpaired) electrons. The third kappa shape index (κ3) is 5.38. The number of imide groups is 1. The lowest BCUT2D eigenvalue weighted by atomic mass is 9.75. The molecule has 0 saturated heterocycles. The van der Waals surface area contributed by atoms with Crippen molar-refractivity contribution in [2.75, 3.05) is 13.7 Å². The number of carbonyl (C=O) groups is 2. The summed E-state index contributed by atoms with van der Waals surface area (Å²) in [6.07, 6.45) is 7.15. The maximum absolute atomic E-state index is 11.6. The lowest BCUT2D eigenvalue weighted by Crippen LogP contribution is -2.39. The predicted molar refractivity (Wildman–Crippen MR) is 97.8 cm³/mol. The Labute approximate surface area is 156 Å². The van der Waals surface area contributed by atoms with E-state index in [4.69, 9.17) is 14.5 Å². The Morgan fingerprint density at radius 1 is 1.23 bits per heavy atom. The molecular weight excluding hydrogens is 334 g/mol. The predicted octanol–water partition coefficient (Wildman–Crippen LogP) is 3.46. The molecule has 26 heavy (non-hydrogen) atoms. The quantitative estimate of drug-likeness (QED) is 0.270. The van der Waals surface area contributed by atoms with Crippen molar-refractivity contribution in [1.82, 2.24) is 4.90 Å². The Morgan fingerprint density at radius 3 is 2.46 bits per heavy atom. The summed E-state index contributed by atoms with van der Waals surface area (Å²) in [7, 11) is 1.58. The van der Waals surface area contributed by atoms with Crippen LogP contribution in [0.25, 0.3) is 0 Å². The van der Waals surface area contributed by atoms with E-state index in [-0.39, 0.29) is 17.9 Å². The second-order valence-corrected chi connectivity index (χ2v) is 8.15. The van der Waals surface area contributed by atoms with Crippen LogP contribution in [0.4, 0.5) is 0 Å². The highest BCUT2D eigenvalue weighted by molar-refractivity contribution is 6.12. The van der Waals surface area contributed by atoms with Crippen LogP contribution in [0.3, 0.4) is 0 Å². The molecule has 0 aromatic carbocycles. The zero-order valence-corrected chi connectivity index (χ0v) is 16.7. The van der Waals surface area contributed by atoms with Gasteiger partial charge in [0.1, 0.15) is 0 Å². The van der Waals surface area contributed by atoms with E-state index in [9.17, 15) is 9.59 Å². The Hall–Kier alpha value is -1.24. The maximum atomic E-state index is 11.6. The molecule has 0 aromatic heterocycles. The van der Waals surface area contributed by atoms with Gasteiger partial charge >= 0.3 is 0 Å². The van der Waals surface area contributed by atoms with Gasteiger partial charge in [0.05, 0.1) is 6.10 Å². The minimum absolute atomic E-state index is 0.0687. The molecule has 2 aliphatic rings. The topological polar surface area (TPSA) is 65.1 Å².